The first-order valence-corrected chi connectivity index (χ1v) is 13.8. The summed E-state index contributed by atoms with van der Waals surface area (Å²) in [5.41, 5.74) is 4.70. The zero-order valence-corrected chi connectivity index (χ0v) is 21.4. The number of hydrogen-bond acceptors (Lipinski definition) is 4. The average Bonchev–Trinajstić information content (AvgIpc) is 3.08. The van der Waals surface area contributed by atoms with Crippen molar-refractivity contribution in [3.05, 3.63) is 69.6 Å². The molecule has 0 aromatic heterocycles. The zero-order chi connectivity index (χ0) is 24.2. The lowest BCUT2D eigenvalue weighted by atomic mass is 9.48. The maximum Gasteiger partial charge on any atom is 0.293 e. The van der Waals surface area contributed by atoms with Crippen LogP contribution < -0.4 is 4.74 Å². The molecule has 5 fully saturated rings. The Morgan fingerprint density at radius 2 is 1.66 bits per heavy atom. The van der Waals surface area contributed by atoms with Crippen LogP contribution in [0.4, 0.5) is 4.79 Å². The van der Waals surface area contributed by atoms with Crippen LogP contribution in [0.3, 0.4) is 0 Å². The molecule has 4 aliphatic carbocycles. The normalized spacial score (nSPS) is 30.5. The second-order valence-electron chi connectivity index (χ2n) is 11.1. The highest BCUT2D eigenvalue weighted by Crippen LogP contribution is 2.61. The van der Waals surface area contributed by atoms with Crippen molar-refractivity contribution < 1.29 is 14.3 Å². The van der Waals surface area contributed by atoms with E-state index in [0.717, 1.165) is 52.0 Å². The summed E-state index contributed by atoms with van der Waals surface area (Å²) in [6, 6.07) is 14.6. The lowest BCUT2D eigenvalue weighted by Gasteiger charge is -2.57. The van der Waals surface area contributed by atoms with Gasteiger partial charge in [0, 0.05) is 5.56 Å². The van der Waals surface area contributed by atoms with E-state index in [-0.39, 0.29) is 16.6 Å². The van der Waals surface area contributed by atoms with Gasteiger partial charge >= 0.3 is 0 Å². The van der Waals surface area contributed by atoms with E-state index in [1.165, 1.54) is 49.0 Å². The van der Waals surface area contributed by atoms with Crippen LogP contribution in [0.2, 0.25) is 0 Å². The lowest BCUT2D eigenvalue weighted by Crippen LogP contribution is -2.48. The first kappa shape index (κ1) is 22.9. The number of carbonyl (C=O) groups is 2. The van der Waals surface area contributed by atoms with Crippen LogP contribution in [-0.2, 0) is 16.8 Å². The van der Waals surface area contributed by atoms with Gasteiger partial charge in [-0.1, -0.05) is 35.9 Å². The van der Waals surface area contributed by atoms with Crippen LogP contribution in [0.15, 0.2) is 47.4 Å². The molecular weight excluding hydrogens is 454 g/mol. The van der Waals surface area contributed by atoms with E-state index in [1.807, 2.05) is 44.2 Å². The minimum Gasteiger partial charge on any atom is -0.493 e. The highest BCUT2D eigenvalue weighted by atomic mass is 32.2. The molecule has 5 heteroatoms. The predicted molar refractivity (Wildman–Crippen MR) is 140 cm³/mol. The van der Waals surface area contributed by atoms with Gasteiger partial charge in [0.15, 0.2) is 0 Å². The Balaban J connectivity index is 1.31. The molecule has 1 saturated heterocycles. The summed E-state index contributed by atoms with van der Waals surface area (Å²) in [7, 11) is 0. The van der Waals surface area contributed by atoms with Crippen LogP contribution in [-0.4, -0.2) is 22.7 Å². The van der Waals surface area contributed by atoms with Gasteiger partial charge < -0.3 is 4.74 Å². The fraction of sp³-hybridized carbons (Fsp3) is 0.467. The number of hydrogen-bond donors (Lipinski definition) is 0. The molecule has 0 spiro atoms. The number of nitrogens with zero attached hydrogens (tertiary/aromatic N) is 1. The first-order valence-electron chi connectivity index (χ1n) is 13.0. The van der Waals surface area contributed by atoms with E-state index >= 15 is 0 Å². The Morgan fingerprint density at radius 1 is 1.00 bits per heavy atom. The van der Waals surface area contributed by atoms with Gasteiger partial charge in [-0.2, -0.15) is 0 Å². The topological polar surface area (TPSA) is 46.6 Å². The molecule has 2 amide bonds. The molecule has 0 N–H and O–H groups in total. The smallest absolute Gasteiger partial charge is 0.293 e. The molecule has 7 rings (SSSR count). The molecule has 0 radical (unpaired) electrons. The molecule has 5 aliphatic rings. The molecule has 35 heavy (non-hydrogen) atoms. The van der Waals surface area contributed by atoms with Crippen molar-refractivity contribution in [2.75, 3.05) is 6.61 Å². The molecule has 0 unspecified atom stereocenters. The van der Waals surface area contributed by atoms with Crippen molar-refractivity contribution in [1.82, 2.24) is 4.90 Å². The van der Waals surface area contributed by atoms with Gasteiger partial charge in [0.25, 0.3) is 11.1 Å². The number of aryl methyl sites for hydroxylation is 1. The minimum atomic E-state index is -0.219. The number of amides is 2. The van der Waals surface area contributed by atoms with Crippen molar-refractivity contribution in [3.8, 4) is 5.75 Å². The van der Waals surface area contributed by atoms with Crippen LogP contribution in [0.5, 0.6) is 5.75 Å². The molecule has 0 atom stereocenters. The Kier molecular flexibility index (Phi) is 5.79. The third-order valence-corrected chi connectivity index (χ3v) is 9.49. The molecule has 4 nitrogen and oxygen atoms in total. The highest BCUT2D eigenvalue weighted by Gasteiger charge is 2.51. The number of imide groups is 1. The van der Waals surface area contributed by atoms with Crippen molar-refractivity contribution >= 4 is 29.0 Å². The Labute approximate surface area is 212 Å². The van der Waals surface area contributed by atoms with Crippen molar-refractivity contribution in [2.24, 2.45) is 17.8 Å². The molecule has 182 valence electrons. The summed E-state index contributed by atoms with van der Waals surface area (Å²) >= 11 is 1.03. The minimum absolute atomic E-state index is 0.211. The quantitative estimate of drug-likeness (QED) is 0.408. The Hall–Kier alpha value is -2.53. The highest BCUT2D eigenvalue weighted by molar-refractivity contribution is 8.18. The maximum absolute atomic E-state index is 13.2. The largest absolute Gasteiger partial charge is 0.493 e. The average molecular weight is 488 g/mol. The molecule has 2 aromatic carbocycles. The van der Waals surface area contributed by atoms with Crippen LogP contribution in [0.25, 0.3) is 6.08 Å². The van der Waals surface area contributed by atoms with Gasteiger partial charge in [0.2, 0.25) is 0 Å². The van der Waals surface area contributed by atoms with Crippen LogP contribution in [0, 0.1) is 24.7 Å². The Morgan fingerprint density at radius 3 is 2.29 bits per heavy atom. The fourth-order valence-corrected chi connectivity index (χ4v) is 8.23. The summed E-state index contributed by atoms with van der Waals surface area (Å²) in [4.78, 5) is 27.8. The number of ether oxygens (including phenoxy) is 1. The maximum atomic E-state index is 13.2. The van der Waals surface area contributed by atoms with Gasteiger partial charge in [0.05, 0.1) is 18.1 Å². The predicted octanol–water partition coefficient (Wildman–Crippen LogP) is 7.10. The van der Waals surface area contributed by atoms with E-state index in [9.17, 15) is 9.59 Å². The molecule has 2 aromatic rings. The number of thioether (sulfide) groups is 1. The summed E-state index contributed by atoms with van der Waals surface area (Å²) in [6.07, 6.45) is 10.00. The second-order valence-corrected chi connectivity index (χ2v) is 12.1. The van der Waals surface area contributed by atoms with Gasteiger partial charge in [-0.25, -0.2) is 0 Å². The van der Waals surface area contributed by atoms with Gasteiger partial charge in [-0.3, -0.25) is 14.5 Å². The van der Waals surface area contributed by atoms with Gasteiger partial charge in [-0.05, 0) is 117 Å². The Bertz CT molecular complexity index is 1160. The van der Waals surface area contributed by atoms with Gasteiger partial charge in [-0.15, -0.1) is 0 Å². The summed E-state index contributed by atoms with van der Waals surface area (Å²) in [5.74, 6) is 3.17. The summed E-state index contributed by atoms with van der Waals surface area (Å²) in [6.45, 7) is 4.87. The van der Waals surface area contributed by atoms with Crippen molar-refractivity contribution in [3.63, 3.8) is 0 Å². The van der Waals surface area contributed by atoms with Crippen molar-refractivity contribution in [1.29, 1.82) is 0 Å². The number of carbonyl (C=O) groups excluding carboxylic acids is 2. The van der Waals surface area contributed by atoms with Crippen LogP contribution in [0.1, 0.15) is 67.7 Å². The van der Waals surface area contributed by atoms with E-state index in [0.29, 0.717) is 18.1 Å². The van der Waals surface area contributed by atoms with E-state index in [2.05, 4.69) is 18.2 Å². The molecule has 1 heterocycles. The third kappa shape index (κ3) is 4.22. The molecular formula is C30H33NO3S. The zero-order valence-electron chi connectivity index (χ0n) is 20.6. The number of rotatable bonds is 6. The standard InChI is InChI=1S/C30H33NO3S/c1-3-34-26-9-8-25(30-15-21-10-22(16-30)12-23(11-21)17-30)13-24(26)14-27-28(32)31(29(33)35-27)18-20-6-4-19(2)5-7-20/h4-9,13-14,21-23H,3,10-12,15-18H2,1-2H3/b27-14-. The SMILES string of the molecule is CCOc1ccc(C23CC4CC(CC(C4)C2)C3)cc1/C=C1\SC(=O)N(Cc2ccc(C)cc2)C1=O. The monoisotopic (exact) mass is 487 g/mol. The van der Waals surface area contributed by atoms with E-state index in [4.69, 9.17) is 4.74 Å². The molecule has 4 bridgehead atoms. The van der Waals surface area contributed by atoms with E-state index in [1.54, 1.807) is 0 Å². The fourth-order valence-electron chi connectivity index (χ4n) is 7.40. The van der Waals surface area contributed by atoms with Gasteiger partial charge in [0.1, 0.15) is 5.75 Å². The second kappa shape index (κ2) is 8.85. The summed E-state index contributed by atoms with van der Waals surface area (Å²) < 4.78 is 5.95. The third-order valence-electron chi connectivity index (χ3n) is 8.58. The molecule has 4 saturated carbocycles. The van der Waals surface area contributed by atoms with E-state index < -0.39 is 0 Å². The lowest BCUT2D eigenvalue weighted by molar-refractivity contribution is -0.123. The number of benzene rings is 2. The molecule has 1 aliphatic heterocycles. The summed E-state index contributed by atoms with van der Waals surface area (Å²) in [5, 5.41) is -0.211. The van der Waals surface area contributed by atoms with Crippen LogP contribution >= 0.6 is 11.8 Å². The van der Waals surface area contributed by atoms with Crippen molar-refractivity contribution in [2.45, 2.75) is 64.3 Å². The first-order chi connectivity index (χ1) is 16.9.